The zero-order chi connectivity index (χ0) is 10.1. The Bertz CT molecular complexity index is 490. The molecule has 0 saturated heterocycles. The highest BCUT2D eigenvalue weighted by Gasteiger charge is 2.05. The van der Waals surface area contributed by atoms with Gasteiger partial charge in [-0.3, -0.25) is 4.79 Å². The van der Waals surface area contributed by atoms with Crippen LogP contribution in [0.5, 0.6) is 5.75 Å². The molecule has 2 rings (SSSR count). The van der Waals surface area contributed by atoms with E-state index in [1.165, 1.54) is 0 Å². The van der Waals surface area contributed by atoms with Crippen molar-refractivity contribution in [2.45, 2.75) is 0 Å². The van der Waals surface area contributed by atoms with E-state index < -0.39 is 0 Å². The third-order valence-corrected chi connectivity index (χ3v) is 2.34. The maximum absolute atomic E-state index is 10.5. The highest BCUT2D eigenvalue weighted by molar-refractivity contribution is 6.32. The summed E-state index contributed by atoms with van der Waals surface area (Å²) in [5, 5.41) is 1.44. The largest absolute Gasteiger partial charge is 0.495 e. The van der Waals surface area contributed by atoms with Gasteiger partial charge in [0.25, 0.3) is 0 Å². The third kappa shape index (κ3) is 1.36. The Balaban J connectivity index is 2.69. The standard InChI is InChI=1S/C10H8ClNO2/c1-14-10-3-6-2-7(5-13)12-9(6)4-8(10)11/h2-5,12H,1H3. The van der Waals surface area contributed by atoms with E-state index >= 15 is 0 Å². The van der Waals surface area contributed by atoms with Crippen molar-refractivity contribution in [3.8, 4) is 5.75 Å². The average Bonchev–Trinajstić information content (AvgIpc) is 2.58. The number of benzene rings is 1. The Morgan fingerprint density at radius 2 is 2.21 bits per heavy atom. The van der Waals surface area contributed by atoms with Crippen molar-refractivity contribution in [1.29, 1.82) is 0 Å². The van der Waals surface area contributed by atoms with Crippen LogP contribution in [-0.4, -0.2) is 18.4 Å². The summed E-state index contributed by atoms with van der Waals surface area (Å²) in [4.78, 5) is 13.4. The first-order valence-corrected chi connectivity index (χ1v) is 4.44. The molecule has 0 atom stereocenters. The molecule has 0 aliphatic rings. The molecule has 4 heteroatoms. The van der Waals surface area contributed by atoms with Crippen LogP contribution < -0.4 is 4.74 Å². The number of rotatable bonds is 2. The molecule has 0 fully saturated rings. The number of ether oxygens (including phenoxy) is 1. The van der Waals surface area contributed by atoms with E-state index in [0.29, 0.717) is 16.5 Å². The Morgan fingerprint density at radius 1 is 1.43 bits per heavy atom. The lowest BCUT2D eigenvalue weighted by molar-refractivity contribution is 0.112. The summed E-state index contributed by atoms with van der Waals surface area (Å²) in [6.07, 6.45) is 0.764. The van der Waals surface area contributed by atoms with Gasteiger partial charge in [-0.1, -0.05) is 11.6 Å². The van der Waals surface area contributed by atoms with Gasteiger partial charge in [0.15, 0.2) is 6.29 Å². The van der Waals surface area contributed by atoms with Crippen LogP contribution in [0.15, 0.2) is 18.2 Å². The molecule has 72 valence electrons. The van der Waals surface area contributed by atoms with Gasteiger partial charge in [-0.25, -0.2) is 0 Å². The highest BCUT2D eigenvalue weighted by atomic mass is 35.5. The first-order chi connectivity index (χ1) is 6.74. The molecule has 0 aliphatic heterocycles. The molecule has 0 saturated carbocycles. The van der Waals surface area contributed by atoms with Crippen molar-refractivity contribution in [2.75, 3.05) is 7.11 Å². The summed E-state index contributed by atoms with van der Waals surface area (Å²) in [5.74, 6) is 0.607. The lowest BCUT2D eigenvalue weighted by atomic mass is 10.2. The number of hydrogen-bond acceptors (Lipinski definition) is 2. The SMILES string of the molecule is COc1cc2cc(C=O)[nH]c2cc1Cl. The van der Waals surface area contributed by atoms with Crippen LogP contribution in [0.25, 0.3) is 10.9 Å². The fourth-order valence-electron chi connectivity index (χ4n) is 1.38. The zero-order valence-corrected chi connectivity index (χ0v) is 8.26. The Morgan fingerprint density at radius 3 is 2.86 bits per heavy atom. The van der Waals surface area contributed by atoms with Crippen LogP contribution in [0, 0.1) is 0 Å². The number of aromatic nitrogens is 1. The molecule has 3 nitrogen and oxygen atoms in total. The average molecular weight is 210 g/mol. The molecule has 0 amide bonds. The molecular weight excluding hydrogens is 202 g/mol. The van der Waals surface area contributed by atoms with Crippen molar-refractivity contribution in [3.63, 3.8) is 0 Å². The summed E-state index contributed by atoms with van der Waals surface area (Å²) < 4.78 is 5.06. The van der Waals surface area contributed by atoms with Crippen molar-refractivity contribution >= 4 is 28.8 Å². The van der Waals surface area contributed by atoms with Crippen LogP contribution in [0.3, 0.4) is 0 Å². The smallest absolute Gasteiger partial charge is 0.166 e. The van der Waals surface area contributed by atoms with Crippen LogP contribution >= 0.6 is 11.6 Å². The first kappa shape index (κ1) is 9.09. The molecule has 0 unspecified atom stereocenters. The van der Waals surface area contributed by atoms with E-state index in [1.54, 1.807) is 25.3 Å². The summed E-state index contributed by atoms with van der Waals surface area (Å²) in [6.45, 7) is 0. The molecule has 1 N–H and O–H groups in total. The van der Waals surface area contributed by atoms with Crippen LogP contribution in [-0.2, 0) is 0 Å². The summed E-state index contributed by atoms with van der Waals surface area (Å²) >= 11 is 5.92. The van der Waals surface area contributed by atoms with Gasteiger partial charge in [0.05, 0.1) is 17.8 Å². The number of aromatic amines is 1. The van der Waals surface area contributed by atoms with Gasteiger partial charge in [-0.15, -0.1) is 0 Å². The quantitative estimate of drug-likeness (QED) is 0.773. The van der Waals surface area contributed by atoms with Crippen molar-refractivity contribution in [1.82, 2.24) is 4.98 Å². The summed E-state index contributed by atoms with van der Waals surface area (Å²) in [5.41, 5.74) is 1.36. The van der Waals surface area contributed by atoms with E-state index in [1.807, 2.05) is 0 Å². The van der Waals surface area contributed by atoms with Gasteiger partial charge in [-0.05, 0) is 18.2 Å². The number of aldehydes is 1. The number of nitrogens with one attached hydrogen (secondary N) is 1. The third-order valence-electron chi connectivity index (χ3n) is 2.04. The predicted octanol–water partition coefficient (Wildman–Crippen LogP) is 2.64. The second-order valence-electron chi connectivity index (χ2n) is 2.92. The number of carbonyl (C=O) groups is 1. The van der Waals surface area contributed by atoms with E-state index in [9.17, 15) is 4.79 Å². The van der Waals surface area contributed by atoms with E-state index in [2.05, 4.69) is 4.98 Å². The number of fused-ring (bicyclic) bond motifs is 1. The number of halogens is 1. The molecule has 0 aliphatic carbocycles. The molecule has 1 heterocycles. The second kappa shape index (κ2) is 3.35. The number of methoxy groups -OCH3 is 1. The Hall–Kier alpha value is -1.48. The van der Waals surface area contributed by atoms with Gasteiger partial charge < -0.3 is 9.72 Å². The Labute approximate surface area is 85.6 Å². The van der Waals surface area contributed by atoms with E-state index in [0.717, 1.165) is 17.2 Å². The molecule has 0 spiro atoms. The monoisotopic (exact) mass is 209 g/mol. The number of H-pyrrole nitrogens is 1. The van der Waals surface area contributed by atoms with E-state index in [4.69, 9.17) is 16.3 Å². The van der Waals surface area contributed by atoms with Gasteiger partial charge in [0, 0.05) is 10.9 Å². The molecular formula is C10H8ClNO2. The minimum Gasteiger partial charge on any atom is -0.495 e. The summed E-state index contributed by atoms with van der Waals surface area (Å²) in [7, 11) is 1.56. The van der Waals surface area contributed by atoms with Gasteiger partial charge >= 0.3 is 0 Å². The molecule has 0 bridgehead atoms. The minimum atomic E-state index is 0.527. The van der Waals surface area contributed by atoms with Crippen molar-refractivity contribution in [3.05, 3.63) is 28.9 Å². The van der Waals surface area contributed by atoms with Crippen molar-refractivity contribution in [2.24, 2.45) is 0 Å². The lowest BCUT2D eigenvalue weighted by Crippen LogP contribution is -1.83. The highest BCUT2D eigenvalue weighted by Crippen LogP contribution is 2.29. The topological polar surface area (TPSA) is 42.1 Å². The van der Waals surface area contributed by atoms with Gasteiger partial charge in [0.1, 0.15) is 5.75 Å². The Kier molecular flexibility index (Phi) is 2.17. The minimum absolute atomic E-state index is 0.527. The van der Waals surface area contributed by atoms with Crippen molar-refractivity contribution < 1.29 is 9.53 Å². The fraction of sp³-hybridized carbons (Fsp3) is 0.100. The van der Waals surface area contributed by atoms with Crippen LogP contribution in [0.1, 0.15) is 10.5 Å². The molecule has 1 aromatic heterocycles. The van der Waals surface area contributed by atoms with Crippen LogP contribution in [0.4, 0.5) is 0 Å². The van der Waals surface area contributed by atoms with Gasteiger partial charge in [0.2, 0.25) is 0 Å². The fourth-order valence-corrected chi connectivity index (χ4v) is 1.62. The normalized spacial score (nSPS) is 10.4. The molecule has 1 aromatic carbocycles. The molecule has 2 aromatic rings. The number of carbonyl (C=O) groups excluding carboxylic acids is 1. The molecule has 14 heavy (non-hydrogen) atoms. The first-order valence-electron chi connectivity index (χ1n) is 4.06. The molecule has 0 radical (unpaired) electrons. The van der Waals surface area contributed by atoms with E-state index in [-0.39, 0.29) is 0 Å². The number of hydrogen-bond donors (Lipinski definition) is 1. The zero-order valence-electron chi connectivity index (χ0n) is 7.50. The summed E-state index contributed by atoms with van der Waals surface area (Å²) in [6, 6.07) is 5.28. The predicted molar refractivity (Wildman–Crippen MR) is 55.2 cm³/mol. The maximum atomic E-state index is 10.5. The maximum Gasteiger partial charge on any atom is 0.166 e. The lowest BCUT2D eigenvalue weighted by Gasteiger charge is -2.01. The second-order valence-corrected chi connectivity index (χ2v) is 3.32. The van der Waals surface area contributed by atoms with Crippen LogP contribution in [0.2, 0.25) is 5.02 Å². The van der Waals surface area contributed by atoms with Gasteiger partial charge in [-0.2, -0.15) is 0 Å².